The molecule has 1 aromatic rings. The third-order valence-electron chi connectivity index (χ3n) is 2.10. The maximum absolute atomic E-state index is 11.1. The van der Waals surface area contributed by atoms with Gasteiger partial charge in [0.05, 0.1) is 11.4 Å². The number of Topliss-reactive ketones (excluding diaryl/α,β-unsaturated/α-hetero) is 1. The molecule has 1 heterocycles. The molecule has 1 aromatic heterocycles. The first-order valence-corrected chi connectivity index (χ1v) is 6.80. The maximum Gasteiger partial charge on any atom is 0.176 e. The van der Waals surface area contributed by atoms with E-state index in [2.05, 4.69) is 0 Å². The number of ketones is 1. The molecule has 4 nitrogen and oxygen atoms in total. The molecule has 0 atom stereocenters. The van der Waals surface area contributed by atoms with Crippen LogP contribution in [0, 0.1) is 0 Å². The number of carbonyl (C=O) groups excluding carboxylic acids is 1. The number of nitrogens with zero attached hydrogens (tertiary/aromatic N) is 1. The Kier molecular flexibility index (Phi) is 3.68. The van der Waals surface area contributed by atoms with Crippen LogP contribution in [0.2, 0.25) is 0 Å². The number of hydrogen-bond donors (Lipinski definition) is 0. The summed E-state index contributed by atoms with van der Waals surface area (Å²) < 4.78 is 23.6. The molecule has 0 amide bonds. The van der Waals surface area contributed by atoms with E-state index in [1.165, 1.54) is 13.2 Å². The molecule has 1 rings (SSSR count). The summed E-state index contributed by atoms with van der Waals surface area (Å²) in [6, 6.07) is 3.53. The molecule has 0 radical (unpaired) electrons. The van der Waals surface area contributed by atoms with Crippen LogP contribution in [-0.2, 0) is 16.4 Å². The van der Waals surface area contributed by atoms with Crippen LogP contribution in [0.1, 0.15) is 23.8 Å². The summed E-state index contributed by atoms with van der Waals surface area (Å²) in [5.41, 5.74) is 0.628. The minimum absolute atomic E-state index is 0.000597. The van der Waals surface area contributed by atoms with Gasteiger partial charge in [0.15, 0.2) is 5.78 Å². The van der Waals surface area contributed by atoms with Gasteiger partial charge < -0.3 is 4.57 Å². The molecule has 0 aliphatic carbocycles. The first-order valence-electron chi connectivity index (χ1n) is 4.74. The molecule has 0 aromatic carbocycles. The third-order valence-corrected chi connectivity index (χ3v) is 3.13. The minimum atomic E-state index is -2.91. The lowest BCUT2D eigenvalue weighted by Crippen LogP contribution is -2.10. The average molecular weight is 229 g/mol. The zero-order valence-corrected chi connectivity index (χ0v) is 9.75. The van der Waals surface area contributed by atoms with Crippen molar-refractivity contribution in [2.45, 2.75) is 19.9 Å². The predicted molar refractivity (Wildman–Crippen MR) is 58.8 cm³/mol. The Bertz CT molecular complexity index is 445. The number of hydrogen-bond acceptors (Lipinski definition) is 3. The van der Waals surface area contributed by atoms with E-state index in [4.69, 9.17) is 0 Å². The molecular weight excluding hydrogens is 214 g/mol. The van der Waals surface area contributed by atoms with Crippen molar-refractivity contribution < 1.29 is 13.2 Å². The van der Waals surface area contributed by atoms with Gasteiger partial charge in [-0.25, -0.2) is 8.42 Å². The molecule has 0 bridgehead atoms. The van der Waals surface area contributed by atoms with E-state index < -0.39 is 9.84 Å². The van der Waals surface area contributed by atoms with Gasteiger partial charge in [-0.15, -0.1) is 0 Å². The Morgan fingerprint density at radius 1 is 1.47 bits per heavy atom. The highest BCUT2D eigenvalue weighted by Crippen LogP contribution is 2.05. The van der Waals surface area contributed by atoms with Crippen LogP contribution in [0.25, 0.3) is 0 Å². The lowest BCUT2D eigenvalue weighted by molar-refractivity contribution is 0.100. The quantitative estimate of drug-likeness (QED) is 0.711. The Balaban J connectivity index is 2.58. The molecule has 0 fully saturated rings. The van der Waals surface area contributed by atoms with Crippen LogP contribution in [0.5, 0.6) is 0 Å². The normalized spacial score (nSPS) is 11.6. The lowest BCUT2D eigenvalue weighted by Gasteiger charge is -2.05. The first kappa shape index (κ1) is 12.0. The highest BCUT2D eigenvalue weighted by molar-refractivity contribution is 7.90. The van der Waals surface area contributed by atoms with Crippen LogP contribution in [-0.4, -0.2) is 30.8 Å². The predicted octanol–water partition coefficient (Wildman–Crippen LogP) is 1.13. The van der Waals surface area contributed by atoms with Gasteiger partial charge >= 0.3 is 0 Å². The van der Waals surface area contributed by atoms with Gasteiger partial charge in [-0.3, -0.25) is 4.79 Å². The van der Waals surface area contributed by atoms with Crippen molar-refractivity contribution >= 4 is 15.6 Å². The van der Waals surface area contributed by atoms with E-state index in [-0.39, 0.29) is 11.5 Å². The minimum Gasteiger partial charge on any atom is -0.345 e. The molecule has 5 heteroatoms. The second-order valence-corrected chi connectivity index (χ2v) is 5.89. The van der Waals surface area contributed by atoms with Crippen molar-refractivity contribution in [1.82, 2.24) is 4.57 Å². The summed E-state index contributed by atoms with van der Waals surface area (Å²) in [5.74, 6) is 0.155. The van der Waals surface area contributed by atoms with Gasteiger partial charge in [0.1, 0.15) is 9.84 Å². The van der Waals surface area contributed by atoms with E-state index in [1.807, 2.05) is 0 Å². The van der Waals surface area contributed by atoms with Crippen LogP contribution in [0.4, 0.5) is 0 Å². The van der Waals surface area contributed by atoms with Crippen molar-refractivity contribution in [3.63, 3.8) is 0 Å². The van der Waals surface area contributed by atoms with Crippen LogP contribution < -0.4 is 0 Å². The highest BCUT2D eigenvalue weighted by Gasteiger charge is 2.06. The highest BCUT2D eigenvalue weighted by atomic mass is 32.2. The summed E-state index contributed by atoms with van der Waals surface area (Å²) in [7, 11) is -2.91. The third kappa shape index (κ3) is 3.87. The number of rotatable bonds is 5. The fraction of sp³-hybridized carbons (Fsp3) is 0.500. The standard InChI is InChI=1S/C10H15NO3S/c1-9(12)10-5-3-6-11(10)7-4-8-15(2,13)14/h3,5-6H,4,7-8H2,1-2H3. The summed E-state index contributed by atoms with van der Waals surface area (Å²) in [6.45, 7) is 2.07. The largest absolute Gasteiger partial charge is 0.345 e. The molecule has 0 spiro atoms. The van der Waals surface area contributed by atoms with Crippen molar-refractivity contribution in [3.8, 4) is 0 Å². The van der Waals surface area contributed by atoms with Gasteiger partial charge in [-0.05, 0) is 18.6 Å². The van der Waals surface area contributed by atoms with E-state index in [9.17, 15) is 13.2 Å². The van der Waals surface area contributed by atoms with Crippen molar-refractivity contribution in [2.75, 3.05) is 12.0 Å². The SMILES string of the molecule is CC(=O)c1cccn1CCCS(C)(=O)=O. The van der Waals surface area contributed by atoms with Gasteiger partial charge in [0.25, 0.3) is 0 Å². The van der Waals surface area contributed by atoms with E-state index >= 15 is 0 Å². The van der Waals surface area contributed by atoms with Crippen molar-refractivity contribution in [3.05, 3.63) is 24.0 Å². The number of aryl methyl sites for hydroxylation is 1. The zero-order valence-electron chi connectivity index (χ0n) is 8.93. The Labute approximate surface area is 89.8 Å². The molecule has 0 N–H and O–H groups in total. The van der Waals surface area contributed by atoms with E-state index in [0.717, 1.165) is 0 Å². The monoisotopic (exact) mass is 229 g/mol. The van der Waals surface area contributed by atoms with Crippen molar-refractivity contribution in [1.29, 1.82) is 0 Å². The Morgan fingerprint density at radius 2 is 2.13 bits per heavy atom. The molecular formula is C10H15NO3S. The summed E-state index contributed by atoms with van der Waals surface area (Å²) in [5, 5.41) is 0. The van der Waals surface area contributed by atoms with Gasteiger partial charge in [-0.1, -0.05) is 0 Å². The molecule has 0 saturated heterocycles. The van der Waals surface area contributed by atoms with Crippen molar-refractivity contribution in [2.24, 2.45) is 0 Å². The number of carbonyl (C=O) groups is 1. The van der Waals surface area contributed by atoms with E-state index in [0.29, 0.717) is 18.7 Å². The molecule has 84 valence electrons. The number of sulfone groups is 1. The fourth-order valence-corrected chi connectivity index (χ4v) is 2.08. The summed E-state index contributed by atoms with van der Waals surface area (Å²) >= 11 is 0. The second kappa shape index (κ2) is 4.61. The zero-order chi connectivity index (χ0) is 11.5. The molecule has 0 aliphatic rings. The van der Waals surface area contributed by atoms with Crippen LogP contribution >= 0.6 is 0 Å². The molecule has 0 aliphatic heterocycles. The Hall–Kier alpha value is -1.10. The average Bonchev–Trinajstić information content (AvgIpc) is 2.49. The molecule has 0 unspecified atom stereocenters. The summed E-state index contributed by atoms with van der Waals surface area (Å²) in [4.78, 5) is 11.1. The van der Waals surface area contributed by atoms with Crippen LogP contribution in [0.15, 0.2) is 18.3 Å². The van der Waals surface area contributed by atoms with E-state index in [1.54, 1.807) is 22.9 Å². The maximum atomic E-state index is 11.1. The topological polar surface area (TPSA) is 56.1 Å². The smallest absolute Gasteiger partial charge is 0.176 e. The first-order chi connectivity index (χ1) is 6.90. The van der Waals surface area contributed by atoms with Gasteiger partial charge in [-0.2, -0.15) is 0 Å². The Morgan fingerprint density at radius 3 is 2.67 bits per heavy atom. The fourth-order valence-electron chi connectivity index (χ4n) is 1.43. The lowest BCUT2D eigenvalue weighted by atomic mass is 10.3. The molecule has 15 heavy (non-hydrogen) atoms. The van der Waals surface area contributed by atoms with Crippen LogP contribution in [0.3, 0.4) is 0 Å². The second-order valence-electron chi connectivity index (χ2n) is 3.63. The summed E-state index contributed by atoms with van der Waals surface area (Å²) in [6.07, 6.45) is 3.54. The van der Waals surface area contributed by atoms with Gasteiger partial charge in [0, 0.05) is 25.9 Å². The van der Waals surface area contributed by atoms with Gasteiger partial charge in [0.2, 0.25) is 0 Å². The number of aromatic nitrogens is 1. The molecule has 0 saturated carbocycles.